The van der Waals surface area contributed by atoms with Crippen LogP contribution in [0.4, 0.5) is 11.4 Å². The summed E-state index contributed by atoms with van der Waals surface area (Å²) in [6, 6.07) is 13.4. The van der Waals surface area contributed by atoms with Crippen molar-refractivity contribution in [2.75, 3.05) is 10.5 Å². The van der Waals surface area contributed by atoms with Crippen LogP contribution in [0.3, 0.4) is 0 Å². The largest absolute Gasteiger partial charge is 0.399 e. The van der Waals surface area contributed by atoms with Gasteiger partial charge in [0.25, 0.3) is 10.0 Å². The molecule has 0 unspecified atom stereocenters. The highest BCUT2D eigenvalue weighted by atomic mass is 32.2. The number of nitrogens with one attached hydrogen (secondary N) is 1. The van der Waals surface area contributed by atoms with Crippen molar-refractivity contribution in [2.24, 2.45) is 0 Å². The van der Waals surface area contributed by atoms with Crippen molar-refractivity contribution in [3.8, 4) is 0 Å². The SMILES string of the molecule is CCc1ccc(S(=O)(=O)Nc2ccc(N)cc2)cc1. The molecule has 0 heterocycles. The fourth-order valence-corrected chi connectivity index (χ4v) is 2.73. The van der Waals surface area contributed by atoms with Crippen molar-refractivity contribution in [3.63, 3.8) is 0 Å². The molecule has 0 radical (unpaired) electrons. The van der Waals surface area contributed by atoms with Crippen molar-refractivity contribution in [1.29, 1.82) is 0 Å². The summed E-state index contributed by atoms with van der Waals surface area (Å²) in [6.45, 7) is 2.02. The number of aryl methyl sites for hydroxylation is 1. The van der Waals surface area contributed by atoms with Crippen molar-refractivity contribution < 1.29 is 8.42 Å². The van der Waals surface area contributed by atoms with E-state index >= 15 is 0 Å². The van der Waals surface area contributed by atoms with Gasteiger partial charge >= 0.3 is 0 Å². The van der Waals surface area contributed by atoms with E-state index in [-0.39, 0.29) is 4.90 Å². The van der Waals surface area contributed by atoms with Crippen LogP contribution in [-0.2, 0) is 16.4 Å². The van der Waals surface area contributed by atoms with Gasteiger partial charge in [0, 0.05) is 11.4 Å². The van der Waals surface area contributed by atoms with Gasteiger partial charge in [-0.25, -0.2) is 8.42 Å². The Balaban J connectivity index is 2.24. The molecule has 5 heteroatoms. The van der Waals surface area contributed by atoms with E-state index in [0.717, 1.165) is 12.0 Å². The van der Waals surface area contributed by atoms with E-state index in [1.807, 2.05) is 19.1 Å². The fraction of sp³-hybridized carbons (Fsp3) is 0.143. The Bertz CT molecular complexity index is 647. The van der Waals surface area contributed by atoms with Crippen molar-refractivity contribution >= 4 is 21.4 Å². The van der Waals surface area contributed by atoms with Crippen LogP contribution in [-0.4, -0.2) is 8.42 Å². The maximum Gasteiger partial charge on any atom is 0.261 e. The Kier molecular flexibility index (Phi) is 3.76. The molecule has 0 saturated heterocycles. The summed E-state index contributed by atoms with van der Waals surface area (Å²) in [6.07, 6.45) is 0.881. The molecule has 0 aromatic heterocycles. The molecule has 0 atom stereocenters. The van der Waals surface area contributed by atoms with Crippen molar-refractivity contribution in [1.82, 2.24) is 0 Å². The third-order valence-corrected chi connectivity index (χ3v) is 4.20. The van der Waals surface area contributed by atoms with Gasteiger partial charge in [-0.15, -0.1) is 0 Å². The first-order valence-corrected chi connectivity index (χ1v) is 7.47. The zero-order valence-electron chi connectivity index (χ0n) is 10.6. The number of anilines is 2. The summed E-state index contributed by atoms with van der Waals surface area (Å²) in [5.74, 6) is 0. The number of sulfonamides is 1. The zero-order chi connectivity index (χ0) is 13.9. The predicted molar refractivity (Wildman–Crippen MR) is 77.5 cm³/mol. The average molecular weight is 276 g/mol. The molecule has 0 fully saturated rings. The normalized spacial score (nSPS) is 11.2. The van der Waals surface area contributed by atoms with Crippen LogP contribution in [0.1, 0.15) is 12.5 Å². The second-order valence-electron chi connectivity index (χ2n) is 4.23. The summed E-state index contributed by atoms with van der Waals surface area (Å²) < 4.78 is 26.8. The van der Waals surface area contributed by atoms with E-state index in [1.54, 1.807) is 36.4 Å². The van der Waals surface area contributed by atoms with Crippen LogP contribution in [0, 0.1) is 0 Å². The van der Waals surface area contributed by atoms with E-state index in [1.165, 1.54) is 0 Å². The second-order valence-corrected chi connectivity index (χ2v) is 5.91. The molecule has 0 bridgehead atoms. The first-order chi connectivity index (χ1) is 9.01. The maximum atomic E-state index is 12.1. The van der Waals surface area contributed by atoms with Crippen LogP contribution >= 0.6 is 0 Å². The van der Waals surface area contributed by atoms with Crippen LogP contribution < -0.4 is 10.5 Å². The molecule has 3 N–H and O–H groups in total. The van der Waals surface area contributed by atoms with E-state index < -0.39 is 10.0 Å². The first kappa shape index (κ1) is 13.4. The number of rotatable bonds is 4. The smallest absolute Gasteiger partial charge is 0.261 e. The van der Waals surface area contributed by atoms with Gasteiger partial charge in [0.05, 0.1) is 4.90 Å². The van der Waals surface area contributed by atoms with E-state index in [0.29, 0.717) is 11.4 Å². The molecule has 2 aromatic rings. The minimum Gasteiger partial charge on any atom is -0.399 e. The number of benzene rings is 2. The number of hydrogen-bond acceptors (Lipinski definition) is 3. The lowest BCUT2D eigenvalue weighted by atomic mass is 10.2. The third kappa shape index (κ3) is 3.26. The molecule has 100 valence electrons. The number of nitrogen functional groups attached to an aromatic ring is 1. The van der Waals surface area contributed by atoms with E-state index in [9.17, 15) is 8.42 Å². The van der Waals surface area contributed by atoms with Crippen molar-refractivity contribution in [3.05, 3.63) is 54.1 Å². The maximum absolute atomic E-state index is 12.1. The highest BCUT2D eigenvalue weighted by Gasteiger charge is 2.13. The highest BCUT2D eigenvalue weighted by molar-refractivity contribution is 7.92. The Morgan fingerprint density at radius 2 is 1.58 bits per heavy atom. The topological polar surface area (TPSA) is 72.2 Å². The lowest BCUT2D eigenvalue weighted by Crippen LogP contribution is -2.12. The first-order valence-electron chi connectivity index (χ1n) is 5.98. The molecule has 4 nitrogen and oxygen atoms in total. The molecule has 0 aliphatic heterocycles. The van der Waals surface area contributed by atoms with Gasteiger partial charge in [-0.3, -0.25) is 4.72 Å². The number of hydrogen-bond donors (Lipinski definition) is 2. The Morgan fingerprint density at radius 3 is 2.11 bits per heavy atom. The standard InChI is InChI=1S/C14H16N2O2S/c1-2-11-3-9-14(10-4-11)19(17,18)16-13-7-5-12(15)6-8-13/h3-10,16H,2,15H2,1H3. The van der Waals surface area contributed by atoms with Gasteiger partial charge < -0.3 is 5.73 Å². The molecule has 0 amide bonds. The molecule has 2 aromatic carbocycles. The fourth-order valence-electron chi connectivity index (χ4n) is 1.67. The highest BCUT2D eigenvalue weighted by Crippen LogP contribution is 2.17. The Labute approximate surface area is 113 Å². The van der Waals surface area contributed by atoms with Crippen LogP contribution in [0.2, 0.25) is 0 Å². The molecule has 0 aliphatic carbocycles. The van der Waals surface area contributed by atoms with E-state index in [2.05, 4.69) is 4.72 Å². The van der Waals surface area contributed by atoms with Crippen molar-refractivity contribution in [2.45, 2.75) is 18.2 Å². The second kappa shape index (κ2) is 5.32. The van der Waals surface area contributed by atoms with Gasteiger partial charge in [0.2, 0.25) is 0 Å². The minimum atomic E-state index is -3.54. The average Bonchev–Trinajstić information content (AvgIpc) is 2.41. The summed E-state index contributed by atoms with van der Waals surface area (Å²) >= 11 is 0. The lowest BCUT2D eigenvalue weighted by Gasteiger charge is -2.08. The quantitative estimate of drug-likeness (QED) is 0.843. The summed E-state index contributed by atoms with van der Waals surface area (Å²) in [5.41, 5.74) is 7.75. The monoisotopic (exact) mass is 276 g/mol. The lowest BCUT2D eigenvalue weighted by molar-refractivity contribution is 0.601. The van der Waals surface area contributed by atoms with E-state index in [4.69, 9.17) is 5.73 Å². The van der Waals surface area contributed by atoms with Gasteiger partial charge in [-0.2, -0.15) is 0 Å². The molecule has 0 aliphatic rings. The van der Waals surface area contributed by atoms with Crippen LogP contribution in [0.15, 0.2) is 53.4 Å². The minimum absolute atomic E-state index is 0.251. The van der Waals surface area contributed by atoms with Gasteiger partial charge in [-0.05, 0) is 48.4 Å². The molecule has 0 saturated carbocycles. The molecule has 19 heavy (non-hydrogen) atoms. The summed E-state index contributed by atoms with van der Waals surface area (Å²) in [7, 11) is -3.54. The molecule has 0 spiro atoms. The zero-order valence-corrected chi connectivity index (χ0v) is 11.4. The predicted octanol–water partition coefficient (Wildman–Crippen LogP) is 2.63. The van der Waals surface area contributed by atoms with Crippen LogP contribution in [0.25, 0.3) is 0 Å². The third-order valence-electron chi connectivity index (χ3n) is 2.80. The Morgan fingerprint density at radius 1 is 1.00 bits per heavy atom. The summed E-state index contributed by atoms with van der Waals surface area (Å²) in [4.78, 5) is 0.251. The van der Waals surface area contributed by atoms with Gasteiger partial charge in [-0.1, -0.05) is 19.1 Å². The molecule has 2 rings (SSSR count). The van der Waals surface area contributed by atoms with Crippen LogP contribution in [0.5, 0.6) is 0 Å². The molecular formula is C14H16N2O2S. The van der Waals surface area contributed by atoms with Gasteiger partial charge in [0.15, 0.2) is 0 Å². The molecular weight excluding hydrogens is 260 g/mol. The van der Waals surface area contributed by atoms with Gasteiger partial charge in [0.1, 0.15) is 0 Å². The summed E-state index contributed by atoms with van der Waals surface area (Å²) in [5, 5.41) is 0. The number of nitrogens with two attached hydrogens (primary N) is 1. The Hall–Kier alpha value is -2.01.